The van der Waals surface area contributed by atoms with Crippen molar-refractivity contribution in [2.75, 3.05) is 6.54 Å². The number of hydrogen-bond donors (Lipinski definition) is 0. The predicted molar refractivity (Wildman–Crippen MR) is 122 cm³/mol. The van der Waals surface area contributed by atoms with Crippen molar-refractivity contribution in [3.05, 3.63) is 56.2 Å². The Kier molecular flexibility index (Phi) is 5.19. The van der Waals surface area contributed by atoms with E-state index >= 15 is 0 Å². The summed E-state index contributed by atoms with van der Waals surface area (Å²) in [6, 6.07) is 8.33. The first kappa shape index (κ1) is 19.8. The summed E-state index contributed by atoms with van der Waals surface area (Å²) in [6.45, 7) is 3.32. The molecule has 0 radical (unpaired) electrons. The maximum absolute atomic E-state index is 13.1. The number of fused-ring (bicyclic) bond motifs is 4. The number of carbonyl (C=O) groups excluding carboxylic acids is 1. The lowest BCUT2D eigenvalue weighted by atomic mass is 9.97. The second kappa shape index (κ2) is 7.85. The summed E-state index contributed by atoms with van der Waals surface area (Å²) in [5.41, 5.74) is 3.79. The minimum atomic E-state index is -0.291. The highest BCUT2D eigenvalue weighted by Crippen LogP contribution is 2.35. The molecule has 1 aliphatic heterocycles. The number of amides is 1. The fourth-order valence-corrected chi connectivity index (χ4v) is 6.78. The predicted octanol–water partition coefficient (Wildman–Crippen LogP) is 3.94. The van der Waals surface area contributed by atoms with E-state index in [0.29, 0.717) is 11.7 Å². The van der Waals surface area contributed by atoms with Gasteiger partial charge in [-0.05, 0) is 55.7 Å². The number of thiophene rings is 1. The first-order chi connectivity index (χ1) is 14.5. The maximum Gasteiger partial charge on any atom is 0.262 e. The van der Waals surface area contributed by atoms with E-state index in [2.05, 4.69) is 18.2 Å². The number of aromatic nitrogens is 2. The van der Waals surface area contributed by atoms with E-state index in [0.717, 1.165) is 42.4 Å². The van der Waals surface area contributed by atoms with Crippen LogP contribution in [-0.4, -0.2) is 32.2 Å². The molecule has 30 heavy (non-hydrogen) atoms. The molecule has 0 N–H and O–H groups in total. The highest BCUT2D eigenvalue weighted by Gasteiger charge is 2.27. The lowest BCUT2D eigenvalue weighted by Crippen LogP contribution is -2.40. The van der Waals surface area contributed by atoms with Gasteiger partial charge in [-0.25, -0.2) is 4.98 Å². The molecule has 0 spiro atoms. The van der Waals surface area contributed by atoms with Crippen LogP contribution in [0.1, 0.15) is 41.3 Å². The molecule has 1 atom stereocenters. The fourth-order valence-electron chi connectivity index (χ4n) is 4.52. The Morgan fingerprint density at radius 2 is 1.93 bits per heavy atom. The Labute approximate surface area is 184 Å². The van der Waals surface area contributed by atoms with Gasteiger partial charge in [0.25, 0.3) is 5.56 Å². The fraction of sp³-hybridized carbons (Fsp3) is 0.435. The normalized spacial score (nSPS) is 16.9. The number of rotatable bonds is 3. The van der Waals surface area contributed by atoms with Crippen LogP contribution in [0.4, 0.5) is 0 Å². The highest BCUT2D eigenvalue weighted by atomic mass is 32.2. The van der Waals surface area contributed by atoms with E-state index in [9.17, 15) is 9.59 Å². The zero-order valence-electron chi connectivity index (χ0n) is 17.3. The molecule has 2 aliphatic rings. The molecule has 0 saturated heterocycles. The van der Waals surface area contributed by atoms with Gasteiger partial charge in [-0.3, -0.25) is 14.2 Å². The van der Waals surface area contributed by atoms with Gasteiger partial charge in [0.15, 0.2) is 5.16 Å². The monoisotopic (exact) mass is 439 g/mol. The molecule has 3 heterocycles. The van der Waals surface area contributed by atoms with Crippen LogP contribution in [0.2, 0.25) is 0 Å². The first-order valence-electron chi connectivity index (χ1n) is 10.6. The van der Waals surface area contributed by atoms with Crippen LogP contribution in [0.3, 0.4) is 0 Å². The number of aryl methyl sites for hydroxylation is 2. The van der Waals surface area contributed by atoms with Crippen LogP contribution in [-0.2, 0) is 37.6 Å². The summed E-state index contributed by atoms with van der Waals surface area (Å²) in [5, 5.41) is 1.14. The van der Waals surface area contributed by atoms with E-state index in [1.165, 1.54) is 39.8 Å². The van der Waals surface area contributed by atoms with Crippen LogP contribution in [0.25, 0.3) is 10.2 Å². The standard InChI is InChI=1S/C23H25N3O2S2/c1-14(21(27)26-12-11-15-7-3-4-8-16(15)13-26)29-23-24-20-19(22(28)25(23)2)17-9-5-6-10-18(17)30-20/h3-4,7-8,14H,5-6,9-13H2,1-2H3. The molecule has 0 fully saturated rings. The van der Waals surface area contributed by atoms with Crippen LogP contribution in [0, 0.1) is 0 Å². The van der Waals surface area contributed by atoms with E-state index in [1.807, 2.05) is 17.9 Å². The molecule has 2 aromatic heterocycles. The highest BCUT2D eigenvalue weighted by molar-refractivity contribution is 8.00. The topological polar surface area (TPSA) is 55.2 Å². The third-order valence-electron chi connectivity index (χ3n) is 6.23. The maximum atomic E-state index is 13.1. The molecule has 5 rings (SSSR count). The molecular formula is C23H25N3O2S2. The molecule has 3 aromatic rings. The second-order valence-corrected chi connectivity index (χ2v) is 10.6. The van der Waals surface area contributed by atoms with Crippen molar-refractivity contribution >= 4 is 39.2 Å². The van der Waals surface area contributed by atoms with E-state index in [1.54, 1.807) is 23.0 Å². The molecule has 1 aromatic carbocycles. The van der Waals surface area contributed by atoms with Crippen molar-refractivity contribution in [3.63, 3.8) is 0 Å². The zero-order chi connectivity index (χ0) is 20.8. The summed E-state index contributed by atoms with van der Waals surface area (Å²) in [5.74, 6) is 0.106. The van der Waals surface area contributed by atoms with Gasteiger partial charge in [-0.15, -0.1) is 11.3 Å². The molecule has 0 bridgehead atoms. The molecule has 7 heteroatoms. The number of hydrogen-bond acceptors (Lipinski definition) is 5. The number of thioether (sulfide) groups is 1. The van der Waals surface area contributed by atoms with Gasteiger partial charge in [-0.1, -0.05) is 36.0 Å². The van der Waals surface area contributed by atoms with E-state index in [4.69, 9.17) is 4.98 Å². The molecule has 0 saturated carbocycles. The van der Waals surface area contributed by atoms with Crippen molar-refractivity contribution in [2.45, 2.75) is 56.0 Å². The minimum absolute atomic E-state index is 0.0217. The molecule has 1 aliphatic carbocycles. The first-order valence-corrected chi connectivity index (χ1v) is 12.3. The second-order valence-electron chi connectivity index (χ2n) is 8.19. The SMILES string of the molecule is CC(Sc1nc2sc3c(c2c(=O)n1C)CCCC3)C(=O)N1CCc2ccccc2C1. The molecule has 156 valence electrons. The smallest absolute Gasteiger partial charge is 0.262 e. The Morgan fingerprint density at radius 1 is 1.17 bits per heavy atom. The Hall–Kier alpha value is -2.12. The number of benzene rings is 1. The molecule has 1 unspecified atom stereocenters. The average molecular weight is 440 g/mol. The Morgan fingerprint density at radius 3 is 2.77 bits per heavy atom. The van der Waals surface area contributed by atoms with Crippen molar-refractivity contribution in [3.8, 4) is 0 Å². The summed E-state index contributed by atoms with van der Waals surface area (Å²) >= 11 is 3.05. The van der Waals surface area contributed by atoms with Gasteiger partial charge in [0, 0.05) is 25.0 Å². The van der Waals surface area contributed by atoms with Crippen molar-refractivity contribution in [2.24, 2.45) is 7.05 Å². The Bertz CT molecular complexity index is 1200. The quantitative estimate of drug-likeness (QED) is 0.458. The van der Waals surface area contributed by atoms with Gasteiger partial charge >= 0.3 is 0 Å². The largest absolute Gasteiger partial charge is 0.337 e. The zero-order valence-corrected chi connectivity index (χ0v) is 18.9. The van der Waals surface area contributed by atoms with Gasteiger partial charge in [-0.2, -0.15) is 0 Å². The number of carbonyl (C=O) groups is 1. The van der Waals surface area contributed by atoms with Crippen LogP contribution in [0.15, 0.2) is 34.2 Å². The van der Waals surface area contributed by atoms with Crippen LogP contribution < -0.4 is 5.56 Å². The summed E-state index contributed by atoms with van der Waals surface area (Å²) in [6.07, 6.45) is 5.25. The minimum Gasteiger partial charge on any atom is -0.337 e. The molecular weight excluding hydrogens is 414 g/mol. The lowest BCUT2D eigenvalue weighted by Gasteiger charge is -2.30. The lowest BCUT2D eigenvalue weighted by molar-refractivity contribution is -0.131. The Balaban J connectivity index is 1.39. The average Bonchev–Trinajstić information content (AvgIpc) is 3.14. The molecule has 5 nitrogen and oxygen atoms in total. The summed E-state index contributed by atoms with van der Waals surface area (Å²) in [4.78, 5) is 35.1. The number of nitrogens with zero attached hydrogens (tertiary/aromatic N) is 3. The van der Waals surface area contributed by atoms with Gasteiger partial charge in [0.2, 0.25) is 5.91 Å². The van der Waals surface area contributed by atoms with E-state index < -0.39 is 0 Å². The van der Waals surface area contributed by atoms with Gasteiger partial charge in [0.1, 0.15) is 4.83 Å². The van der Waals surface area contributed by atoms with Crippen molar-refractivity contribution in [1.82, 2.24) is 14.5 Å². The van der Waals surface area contributed by atoms with Crippen molar-refractivity contribution in [1.29, 1.82) is 0 Å². The molecule has 1 amide bonds. The third kappa shape index (κ3) is 3.38. The summed E-state index contributed by atoms with van der Waals surface area (Å²) in [7, 11) is 1.78. The van der Waals surface area contributed by atoms with E-state index in [-0.39, 0.29) is 16.7 Å². The van der Waals surface area contributed by atoms with Gasteiger partial charge in [0.05, 0.1) is 10.6 Å². The van der Waals surface area contributed by atoms with Crippen LogP contribution in [0.5, 0.6) is 0 Å². The summed E-state index contributed by atoms with van der Waals surface area (Å²) < 4.78 is 1.63. The van der Waals surface area contributed by atoms with Crippen molar-refractivity contribution < 1.29 is 4.79 Å². The van der Waals surface area contributed by atoms with Crippen LogP contribution >= 0.6 is 23.1 Å². The van der Waals surface area contributed by atoms with Gasteiger partial charge < -0.3 is 4.90 Å². The third-order valence-corrected chi connectivity index (χ3v) is 8.54.